The fourth-order valence-corrected chi connectivity index (χ4v) is 11.9. The minimum Gasteiger partial charge on any atom is -0.545 e. The highest BCUT2D eigenvalue weighted by molar-refractivity contribution is 5.70. The SMILES string of the molecule is CCCCCCC/C=C\C/C=C\C/C=C\CCCCCCCCCCCCCCCCCCCCCCCCCCC(=O)OC(COC(=O)CCCCCCCCCCCCCCCCCCCCCCCCCCC)COC(OCC[N+](C)(C)C)C(=O)[O-]. The molecule has 9 nitrogen and oxygen atoms in total. The molecule has 0 aliphatic carbocycles. The molecule has 0 radical (unpaired) electrons. The molecule has 0 fully saturated rings. The fraction of sp³-hybridized carbons (Fsp3) is 0.887. The largest absolute Gasteiger partial charge is 0.545 e. The van der Waals surface area contributed by atoms with Crippen molar-refractivity contribution < 1.29 is 42.9 Å². The molecule has 0 heterocycles. The van der Waals surface area contributed by atoms with E-state index >= 15 is 0 Å². The maximum absolute atomic E-state index is 13.0. The molecule has 0 rings (SSSR count). The van der Waals surface area contributed by atoms with Crippen LogP contribution in [0.1, 0.15) is 399 Å². The van der Waals surface area contributed by atoms with Crippen LogP contribution in [0.5, 0.6) is 0 Å². The Morgan fingerprint density at radius 1 is 0.337 bits per heavy atom. The van der Waals surface area contributed by atoms with E-state index in [1.807, 2.05) is 21.1 Å². The van der Waals surface area contributed by atoms with Gasteiger partial charge >= 0.3 is 11.9 Å². The van der Waals surface area contributed by atoms with Crippen molar-refractivity contribution in [3.05, 3.63) is 36.5 Å². The lowest BCUT2D eigenvalue weighted by Gasteiger charge is -2.26. The highest BCUT2D eigenvalue weighted by Gasteiger charge is 2.22. The molecule has 0 bridgehead atoms. The van der Waals surface area contributed by atoms with E-state index in [9.17, 15) is 19.5 Å². The van der Waals surface area contributed by atoms with E-state index in [0.29, 0.717) is 17.4 Å². The van der Waals surface area contributed by atoms with Gasteiger partial charge in [-0.15, -0.1) is 0 Å². The van der Waals surface area contributed by atoms with Crippen molar-refractivity contribution in [3.63, 3.8) is 0 Å². The van der Waals surface area contributed by atoms with Crippen molar-refractivity contribution >= 4 is 17.9 Å². The first-order valence-corrected chi connectivity index (χ1v) is 39.1. The van der Waals surface area contributed by atoms with E-state index in [1.165, 1.54) is 321 Å². The van der Waals surface area contributed by atoms with Crippen LogP contribution < -0.4 is 5.11 Å². The predicted molar refractivity (Wildman–Crippen MR) is 380 cm³/mol. The zero-order valence-corrected chi connectivity index (χ0v) is 60.1. The van der Waals surface area contributed by atoms with Crippen LogP contribution >= 0.6 is 0 Å². The molecule has 0 aliphatic heterocycles. The molecule has 0 aromatic carbocycles. The molecule has 0 N–H and O–H groups in total. The van der Waals surface area contributed by atoms with Crippen LogP contribution in [0.25, 0.3) is 0 Å². The summed E-state index contributed by atoms with van der Waals surface area (Å²) in [5.74, 6) is -2.25. The number of carbonyl (C=O) groups excluding carboxylic acids is 3. The van der Waals surface area contributed by atoms with Gasteiger partial charge in [-0.3, -0.25) is 9.59 Å². The van der Waals surface area contributed by atoms with Crippen LogP contribution in [-0.2, 0) is 33.3 Å². The number of likely N-dealkylation sites (N-methyl/N-ethyl adjacent to an activating group) is 1. The number of rotatable bonds is 74. The second-order valence-electron chi connectivity index (χ2n) is 28.0. The Labute approximate surface area is 553 Å². The summed E-state index contributed by atoms with van der Waals surface area (Å²) in [5.41, 5.74) is 0. The third-order valence-corrected chi connectivity index (χ3v) is 17.9. The molecule has 0 amide bonds. The van der Waals surface area contributed by atoms with E-state index in [4.69, 9.17) is 18.9 Å². The summed E-state index contributed by atoms with van der Waals surface area (Å²) in [6.07, 6.45) is 88.4. The molecule has 0 aromatic rings. The number of hydrogen-bond donors (Lipinski definition) is 0. The third kappa shape index (κ3) is 72.8. The summed E-state index contributed by atoms with van der Waals surface area (Å²) in [6, 6.07) is 0. The van der Waals surface area contributed by atoms with Crippen LogP contribution in [0.3, 0.4) is 0 Å². The van der Waals surface area contributed by atoms with Gasteiger partial charge in [-0.1, -0.05) is 371 Å². The monoisotopic (exact) mass is 1250 g/mol. The minimum absolute atomic E-state index is 0.152. The number of esters is 2. The standard InChI is InChI=1S/C80H151NO8/c1-6-8-10-12-14-16-18-20-22-24-26-28-30-32-33-34-35-36-37-38-39-40-41-42-43-44-45-47-49-51-53-55-57-59-61-63-65-67-69-71-78(83)89-76(75-88-80(79(84)85)86-73-72-81(3,4)5)74-87-77(82)70-68-66-64-62-60-58-56-54-52-50-48-46-31-29-27-25-23-21-19-17-15-13-11-9-7-2/h18,20,24,26,30,32,76,80H,6-17,19,21-23,25,27-29,31,33-75H2,1-5H3/b20-18-,26-24-,32-30-. The molecule has 0 saturated heterocycles. The Balaban J connectivity index is 3.96. The summed E-state index contributed by atoms with van der Waals surface area (Å²) < 4.78 is 22.9. The third-order valence-electron chi connectivity index (χ3n) is 17.9. The van der Waals surface area contributed by atoms with Crippen molar-refractivity contribution in [3.8, 4) is 0 Å². The van der Waals surface area contributed by atoms with E-state index in [2.05, 4.69) is 50.3 Å². The van der Waals surface area contributed by atoms with Crippen molar-refractivity contribution in [1.82, 2.24) is 0 Å². The molecular formula is C80H151NO8. The fourth-order valence-electron chi connectivity index (χ4n) is 11.9. The van der Waals surface area contributed by atoms with E-state index in [-0.39, 0.29) is 32.2 Å². The molecule has 0 saturated carbocycles. The van der Waals surface area contributed by atoms with Crippen LogP contribution in [0.15, 0.2) is 36.5 Å². The predicted octanol–water partition coefficient (Wildman–Crippen LogP) is 23.4. The lowest BCUT2D eigenvalue weighted by molar-refractivity contribution is -0.870. The van der Waals surface area contributed by atoms with Crippen LogP contribution in [0.4, 0.5) is 0 Å². The van der Waals surface area contributed by atoms with Crippen molar-refractivity contribution in [2.75, 3.05) is 47.5 Å². The zero-order chi connectivity index (χ0) is 64.7. The maximum Gasteiger partial charge on any atom is 0.306 e. The summed E-state index contributed by atoms with van der Waals surface area (Å²) in [7, 11) is 5.95. The van der Waals surface area contributed by atoms with E-state index in [0.717, 1.165) is 51.4 Å². The van der Waals surface area contributed by atoms with Gasteiger partial charge in [0.2, 0.25) is 0 Å². The first-order valence-electron chi connectivity index (χ1n) is 39.1. The van der Waals surface area contributed by atoms with Gasteiger partial charge in [0, 0.05) is 12.8 Å². The molecule has 0 spiro atoms. The van der Waals surface area contributed by atoms with Crippen LogP contribution in [0, 0.1) is 0 Å². The van der Waals surface area contributed by atoms with Gasteiger partial charge in [-0.25, -0.2) is 0 Å². The average Bonchev–Trinajstić information content (AvgIpc) is 3.64. The number of ether oxygens (including phenoxy) is 4. The molecule has 2 unspecified atom stereocenters. The molecule has 524 valence electrons. The Morgan fingerprint density at radius 3 is 0.899 bits per heavy atom. The number of aliphatic carboxylic acids is 1. The molecule has 2 atom stereocenters. The second kappa shape index (κ2) is 71.4. The normalized spacial score (nSPS) is 12.8. The maximum atomic E-state index is 13.0. The van der Waals surface area contributed by atoms with Crippen molar-refractivity contribution in [1.29, 1.82) is 0 Å². The number of unbranched alkanes of at least 4 members (excludes halogenated alkanes) is 53. The second-order valence-corrected chi connectivity index (χ2v) is 28.0. The van der Waals surface area contributed by atoms with Crippen molar-refractivity contribution in [2.45, 2.75) is 411 Å². The first kappa shape index (κ1) is 86.5. The quantitative estimate of drug-likeness (QED) is 0.0195. The number of nitrogens with zero attached hydrogens (tertiary/aromatic N) is 1. The molecule has 0 aromatic heterocycles. The number of carboxylic acids is 1. The molecule has 0 aliphatic rings. The lowest BCUT2D eigenvalue weighted by atomic mass is 10.0. The number of carbonyl (C=O) groups is 3. The summed E-state index contributed by atoms with van der Waals surface area (Å²) in [5, 5.41) is 11.8. The summed E-state index contributed by atoms with van der Waals surface area (Å²) in [4.78, 5) is 37.6. The zero-order valence-electron chi connectivity index (χ0n) is 60.1. The van der Waals surface area contributed by atoms with Gasteiger partial charge in [0.25, 0.3) is 0 Å². The Morgan fingerprint density at radius 2 is 0.607 bits per heavy atom. The first-order chi connectivity index (χ1) is 43.6. The van der Waals surface area contributed by atoms with E-state index in [1.54, 1.807) is 0 Å². The van der Waals surface area contributed by atoms with Gasteiger partial charge in [0.05, 0.1) is 40.3 Å². The van der Waals surface area contributed by atoms with Crippen LogP contribution in [0.2, 0.25) is 0 Å². The minimum atomic E-state index is -1.62. The highest BCUT2D eigenvalue weighted by atomic mass is 16.7. The highest BCUT2D eigenvalue weighted by Crippen LogP contribution is 2.20. The lowest BCUT2D eigenvalue weighted by Crippen LogP contribution is -2.44. The van der Waals surface area contributed by atoms with E-state index < -0.39 is 24.3 Å². The Hall–Kier alpha value is -2.49. The van der Waals surface area contributed by atoms with Gasteiger partial charge in [-0.05, 0) is 51.4 Å². The number of allylic oxidation sites excluding steroid dienone is 6. The van der Waals surface area contributed by atoms with Crippen molar-refractivity contribution in [2.24, 2.45) is 0 Å². The molecule has 89 heavy (non-hydrogen) atoms. The topological polar surface area (TPSA) is 111 Å². The smallest absolute Gasteiger partial charge is 0.306 e. The number of carboxylic acid groups (broad SMARTS) is 1. The number of quaternary nitrogens is 1. The van der Waals surface area contributed by atoms with Gasteiger partial charge in [0.1, 0.15) is 13.2 Å². The Kier molecular flexibility index (Phi) is 69.4. The van der Waals surface area contributed by atoms with Gasteiger partial charge in [-0.2, -0.15) is 0 Å². The average molecular weight is 1260 g/mol. The summed E-state index contributed by atoms with van der Waals surface area (Å²) >= 11 is 0. The Bertz CT molecular complexity index is 1550. The number of hydrogen-bond acceptors (Lipinski definition) is 8. The molecule has 9 heteroatoms. The van der Waals surface area contributed by atoms with Crippen LogP contribution in [-0.4, -0.2) is 82.3 Å². The summed E-state index contributed by atoms with van der Waals surface area (Å²) in [6.45, 7) is 4.82. The van der Waals surface area contributed by atoms with Gasteiger partial charge < -0.3 is 33.3 Å². The van der Waals surface area contributed by atoms with Gasteiger partial charge in [0.15, 0.2) is 12.4 Å². The molecular weight excluding hydrogens is 1100 g/mol.